The molecule has 0 saturated carbocycles. The summed E-state index contributed by atoms with van der Waals surface area (Å²) in [4.78, 5) is 11.7. The van der Waals surface area contributed by atoms with Crippen molar-refractivity contribution in [2.75, 3.05) is 6.54 Å². The number of carbonyl (C=O) groups is 1. The first-order valence-corrected chi connectivity index (χ1v) is 9.11. The summed E-state index contributed by atoms with van der Waals surface area (Å²) in [6, 6.07) is 7.80. The maximum absolute atomic E-state index is 11.7. The van der Waals surface area contributed by atoms with Crippen LogP contribution in [0, 0.1) is 0 Å². The van der Waals surface area contributed by atoms with Crippen molar-refractivity contribution in [1.82, 2.24) is 5.32 Å². The van der Waals surface area contributed by atoms with E-state index in [1.807, 2.05) is 24.3 Å². The lowest BCUT2D eigenvalue weighted by Crippen LogP contribution is -2.25. The molecule has 0 fully saturated rings. The predicted octanol–water partition coefficient (Wildman–Crippen LogP) is 5.53. The Bertz CT molecular complexity index is 420. The number of amides is 1. The van der Waals surface area contributed by atoms with Crippen LogP contribution in [0.25, 0.3) is 0 Å². The van der Waals surface area contributed by atoms with Crippen LogP contribution in [0.5, 0.6) is 0 Å². The highest BCUT2D eigenvalue weighted by atomic mass is 35.5. The van der Waals surface area contributed by atoms with E-state index in [9.17, 15) is 4.79 Å². The Morgan fingerprint density at radius 2 is 1.73 bits per heavy atom. The molecule has 22 heavy (non-hydrogen) atoms. The Hall–Kier alpha value is -1.02. The van der Waals surface area contributed by atoms with Crippen LogP contribution < -0.4 is 5.32 Å². The zero-order chi connectivity index (χ0) is 16.0. The summed E-state index contributed by atoms with van der Waals surface area (Å²) in [6.45, 7) is 2.93. The average Bonchev–Trinajstić information content (AvgIpc) is 2.50. The molecule has 1 rings (SSSR count). The number of carbonyl (C=O) groups excluding carboxylic acids is 1. The van der Waals surface area contributed by atoms with Crippen LogP contribution in [0.15, 0.2) is 24.3 Å². The molecule has 0 bridgehead atoms. The van der Waals surface area contributed by atoms with E-state index in [1.165, 1.54) is 50.5 Å². The van der Waals surface area contributed by atoms with Gasteiger partial charge in [0, 0.05) is 18.0 Å². The monoisotopic (exact) mass is 323 g/mol. The Labute approximate surface area is 140 Å². The summed E-state index contributed by atoms with van der Waals surface area (Å²) < 4.78 is 0. The van der Waals surface area contributed by atoms with Gasteiger partial charge < -0.3 is 5.32 Å². The number of benzene rings is 1. The molecule has 0 aliphatic carbocycles. The third kappa shape index (κ3) is 9.83. The van der Waals surface area contributed by atoms with Crippen LogP contribution in [0.4, 0.5) is 0 Å². The number of halogens is 1. The molecule has 2 nitrogen and oxygen atoms in total. The third-order valence-electron chi connectivity index (χ3n) is 3.88. The average molecular weight is 324 g/mol. The Morgan fingerprint density at radius 1 is 1.05 bits per heavy atom. The van der Waals surface area contributed by atoms with Gasteiger partial charge in [-0.1, -0.05) is 75.6 Å². The Kier molecular flexibility index (Phi) is 10.8. The zero-order valence-corrected chi connectivity index (χ0v) is 14.6. The Morgan fingerprint density at radius 3 is 2.41 bits per heavy atom. The standard InChI is InChI=1S/C19H30ClNO/c1-2-3-4-5-6-7-8-9-13-19(22)21-15-14-17-11-10-12-18(20)16-17/h10-12,16H,2-9,13-15H2,1H3,(H,21,22). The van der Waals surface area contributed by atoms with Gasteiger partial charge in [0.1, 0.15) is 0 Å². The number of nitrogens with one attached hydrogen (secondary N) is 1. The third-order valence-corrected chi connectivity index (χ3v) is 4.12. The molecule has 0 saturated heterocycles. The highest BCUT2D eigenvalue weighted by Crippen LogP contribution is 2.11. The highest BCUT2D eigenvalue weighted by Gasteiger charge is 2.01. The zero-order valence-electron chi connectivity index (χ0n) is 13.9. The van der Waals surface area contributed by atoms with Gasteiger partial charge in [0.05, 0.1) is 0 Å². The first kappa shape index (κ1) is 19.0. The molecule has 1 aromatic carbocycles. The lowest BCUT2D eigenvalue weighted by Gasteiger charge is -2.06. The maximum atomic E-state index is 11.7. The van der Waals surface area contributed by atoms with Crippen LogP contribution in [0.1, 0.15) is 70.3 Å². The van der Waals surface area contributed by atoms with Crippen molar-refractivity contribution < 1.29 is 4.79 Å². The lowest BCUT2D eigenvalue weighted by atomic mass is 10.1. The fourth-order valence-electron chi connectivity index (χ4n) is 2.55. The largest absolute Gasteiger partial charge is 0.356 e. The van der Waals surface area contributed by atoms with Gasteiger partial charge in [-0.05, 0) is 30.5 Å². The van der Waals surface area contributed by atoms with Gasteiger partial charge in [-0.3, -0.25) is 4.79 Å². The maximum Gasteiger partial charge on any atom is 0.220 e. The van der Waals surface area contributed by atoms with Crippen LogP contribution >= 0.6 is 11.6 Å². The number of hydrogen-bond donors (Lipinski definition) is 1. The minimum absolute atomic E-state index is 0.174. The molecular weight excluding hydrogens is 294 g/mol. The minimum atomic E-state index is 0.174. The molecule has 3 heteroatoms. The molecule has 1 N–H and O–H groups in total. The second-order valence-corrected chi connectivity index (χ2v) is 6.39. The summed E-state index contributed by atoms with van der Waals surface area (Å²) in [6.07, 6.45) is 11.6. The van der Waals surface area contributed by atoms with E-state index in [2.05, 4.69) is 12.2 Å². The summed E-state index contributed by atoms with van der Waals surface area (Å²) in [5.41, 5.74) is 1.17. The van der Waals surface area contributed by atoms with Crippen molar-refractivity contribution in [2.24, 2.45) is 0 Å². The predicted molar refractivity (Wildman–Crippen MR) is 95.4 cm³/mol. The molecule has 0 spiro atoms. The second-order valence-electron chi connectivity index (χ2n) is 5.95. The van der Waals surface area contributed by atoms with Crippen LogP contribution in [0.2, 0.25) is 5.02 Å². The van der Waals surface area contributed by atoms with Crippen molar-refractivity contribution >= 4 is 17.5 Å². The van der Waals surface area contributed by atoms with Gasteiger partial charge in [-0.25, -0.2) is 0 Å². The van der Waals surface area contributed by atoms with Gasteiger partial charge >= 0.3 is 0 Å². The molecule has 124 valence electrons. The van der Waals surface area contributed by atoms with Crippen molar-refractivity contribution in [1.29, 1.82) is 0 Å². The van der Waals surface area contributed by atoms with Gasteiger partial charge in [-0.2, -0.15) is 0 Å². The molecule has 1 amide bonds. The molecule has 1 aromatic rings. The summed E-state index contributed by atoms with van der Waals surface area (Å²) in [5.74, 6) is 0.174. The molecule has 0 aliphatic rings. The van der Waals surface area contributed by atoms with Crippen molar-refractivity contribution in [3.8, 4) is 0 Å². The summed E-state index contributed by atoms with van der Waals surface area (Å²) >= 11 is 5.94. The van der Waals surface area contributed by atoms with E-state index in [1.54, 1.807) is 0 Å². The molecule has 0 aliphatic heterocycles. The van der Waals surface area contributed by atoms with Crippen LogP contribution in [0.3, 0.4) is 0 Å². The lowest BCUT2D eigenvalue weighted by molar-refractivity contribution is -0.121. The summed E-state index contributed by atoms with van der Waals surface area (Å²) in [7, 11) is 0. The van der Waals surface area contributed by atoms with E-state index in [0.29, 0.717) is 13.0 Å². The molecule has 0 aromatic heterocycles. The van der Waals surface area contributed by atoms with Gasteiger partial charge in [-0.15, -0.1) is 0 Å². The first-order valence-electron chi connectivity index (χ1n) is 8.73. The molecule has 0 unspecified atom stereocenters. The number of hydrogen-bond acceptors (Lipinski definition) is 1. The molecule has 0 atom stereocenters. The van der Waals surface area contributed by atoms with E-state index < -0.39 is 0 Å². The fraction of sp³-hybridized carbons (Fsp3) is 0.632. The molecule has 0 heterocycles. The van der Waals surface area contributed by atoms with Gasteiger partial charge in [0.2, 0.25) is 5.91 Å². The molecule has 0 radical (unpaired) electrons. The number of unbranched alkanes of at least 4 members (excludes halogenated alkanes) is 7. The highest BCUT2D eigenvalue weighted by molar-refractivity contribution is 6.30. The van der Waals surface area contributed by atoms with Crippen molar-refractivity contribution in [2.45, 2.75) is 71.1 Å². The number of rotatable bonds is 12. The summed E-state index contributed by atoms with van der Waals surface area (Å²) in [5, 5.41) is 3.74. The first-order chi connectivity index (χ1) is 10.7. The van der Waals surface area contributed by atoms with E-state index in [4.69, 9.17) is 11.6 Å². The topological polar surface area (TPSA) is 29.1 Å². The smallest absolute Gasteiger partial charge is 0.220 e. The van der Waals surface area contributed by atoms with Crippen LogP contribution in [-0.4, -0.2) is 12.5 Å². The quantitative estimate of drug-likeness (QED) is 0.503. The SMILES string of the molecule is CCCCCCCCCCC(=O)NCCc1cccc(Cl)c1. The van der Waals surface area contributed by atoms with Crippen molar-refractivity contribution in [3.05, 3.63) is 34.9 Å². The fourth-order valence-corrected chi connectivity index (χ4v) is 2.76. The van der Waals surface area contributed by atoms with E-state index >= 15 is 0 Å². The minimum Gasteiger partial charge on any atom is -0.356 e. The van der Waals surface area contributed by atoms with Crippen LogP contribution in [-0.2, 0) is 11.2 Å². The Balaban J connectivity index is 1.95. The van der Waals surface area contributed by atoms with Gasteiger partial charge in [0.25, 0.3) is 0 Å². The van der Waals surface area contributed by atoms with Crippen molar-refractivity contribution in [3.63, 3.8) is 0 Å². The van der Waals surface area contributed by atoms with E-state index in [-0.39, 0.29) is 5.91 Å². The molecular formula is C19H30ClNO. The van der Waals surface area contributed by atoms with E-state index in [0.717, 1.165) is 17.9 Å². The second kappa shape index (κ2) is 12.5. The normalized spacial score (nSPS) is 10.6. The van der Waals surface area contributed by atoms with Gasteiger partial charge in [0.15, 0.2) is 0 Å².